The number of aromatic nitrogens is 5. The number of H-pyrrole nitrogens is 1. The number of imidazole rings is 1. The molecule has 162 valence electrons. The van der Waals surface area contributed by atoms with Gasteiger partial charge in [0, 0.05) is 43.3 Å². The molecule has 0 bridgehead atoms. The van der Waals surface area contributed by atoms with Gasteiger partial charge in [-0.25, -0.2) is 19.9 Å². The van der Waals surface area contributed by atoms with Gasteiger partial charge in [-0.3, -0.25) is 10.1 Å². The maximum Gasteiger partial charge on any atom is 0.287 e. The molecule has 4 aromatic rings. The van der Waals surface area contributed by atoms with Crippen molar-refractivity contribution in [2.24, 2.45) is 0 Å². The normalized spacial score (nSPS) is 10.7. The second-order valence-corrected chi connectivity index (χ2v) is 6.96. The molecular formula is C22H22N8O2. The van der Waals surface area contributed by atoms with E-state index in [9.17, 15) is 10.1 Å². The molecule has 10 heteroatoms. The molecule has 0 amide bonds. The van der Waals surface area contributed by atoms with Crippen molar-refractivity contribution in [2.75, 3.05) is 23.7 Å². The van der Waals surface area contributed by atoms with Crippen molar-refractivity contribution in [3.8, 4) is 22.6 Å². The van der Waals surface area contributed by atoms with Gasteiger partial charge in [0.1, 0.15) is 17.8 Å². The topological polar surface area (TPSA) is 135 Å². The van der Waals surface area contributed by atoms with Crippen LogP contribution in [0.2, 0.25) is 0 Å². The van der Waals surface area contributed by atoms with E-state index < -0.39 is 4.92 Å². The van der Waals surface area contributed by atoms with Crippen molar-refractivity contribution >= 4 is 17.5 Å². The van der Waals surface area contributed by atoms with Crippen molar-refractivity contribution in [1.29, 1.82) is 0 Å². The summed E-state index contributed by atoms with van der Waals surface area (Å²) in [6, 6.07) is 11.3. The van der Waals surface area contributed by atoms with E-state index in [-0.39, 0.29) is 5.69 Å². The Labute approximate surface area is 184 Å². The Balaban J connectivity index is 1.46. The van der Waals surface area contributed by atoms with Crippen molar-refractivity contribution in [3.05, 3.63) is 76.9 Å². The lowest BCUT2D eigenvalue weighted by molar-refractivity contribution is -0.385. The average molecular weight is 430 g/mol. The Morgan fingerprint density at radius 2 is 1.81 bits per heavy atom. The summed E-state index contributed by atoms with van der Waals surface area (Å²) < 4.78 is 0. The van der Waals surface area contributed by atoms with Gasteiger partial charge in [-0.15, -0.1) is 0 Å². The predicted molar refractivity (Wildman–Crippen MR) is 122 cm³/mol. The Morgan fingerprint density at radius 1 is 1.00 bits per heavy atom. The van der Waals surface area contributed by atoms with Crippen LogP contribution in [0.1, 0.15) is 12.5 Å². The standard InChI is InChI=1S/C22H22N8O2/c1-2-15-3-5-16(6-4-15)20-18(21-24-10-11-25-21)14-28-22(29-20)26-12-9-23-19-8-7-17(13-27-19)30(31)32/h3-8,10-11,13-14H,2,9,12H2,1H3,(H,23,27)(H,24,25)(H,26,28,29). The van der Waals surface area contributed by atoms with Gasteiger partial charge < -0.3 is 15.6 Å². The lowest BCUT2D eigenvalue weighted by Gasteiger charge is -2.11. The Bertz CT molecular complexity index is 1180. The zero-order valence-corrected chi connectivity index (χ0v) is 17.4. The van der Waals surface area contributed by atoms with Crippen LogP contribution in [0, 0.1) is 10.1 Å². The van der Waals surface area contributed by atoms with Gasteiger partial charge in [-0.05, 0) is 18.1 Å². The number of anilines is 2. The molecule has 1 aromatic carbocycles. The second kappa shape index (κ2) is 9.65. The maximum atomic E-state index is 10.7. The second-order valence-electron chi connectivity index (χ2n) is 6.96. The number of rotatable bonds is 9. The third-order valence-corrected chi connectivity index (χ3v) is 4.85. The summed E-state index contributed by atoms with van der Waals surface area (Å²) in [4.78, 5) is 30.9. The minimum absolute atomic E-state index is 0.0433. The van der Waals surface area contributed by atoms with Crippen molar-refractivity contribution < 1.29 is 4.92 Å². The zero-order chi connectivity index (χ0) is 22.3. The summed E-state index contributed by atoms with van der Waals surface area (Å²) in [6.45, 7) is 3.19. The van der Waals surface area contributed by atoms with Crippen LogP contribution in [0.3, 0.4) is 0 Å². The summed E-state index contributed by atoms with van der Waals surface area (Å²) in [7, 11) is 0. The molecule has 0 spiro atoms. The third kappa shape index (κ3) is 4.86. The summed E-state index contributed by atoms with van der Waals surface area (Å²) in [5.74, 6) is 1.76. The number of benzene rings is 1. The van der Waals surface area contributed by atoms with Gasteiger partial charge in [0.05, 0.1) is 16.2 Å². The highest BCUT2D eigenvalue weighted by atomic mass is 16.6. The first kappa shape index (κ1) is 20.9. The number of nitrogens with one attached hydrogen (secondary N) is 3. The Morgan fingerprint density at radius 3 is 2.47 bits per heavy atom. The molecular weight excluding hydrogens is 408 g/mol. The molecule has 0 fully saturated rings. The molecule has 0 atom stereocenters. The van der Waals surface area contributed by atoms with Crippen LogP contribution in [0.25, 0.3) is 22.6 Å². The van der Waals surface area contributed by atoms with Gasteiger partial charge >= 0.3 is 0 Å². The number of hydrogen-bond acceptors (Lipinski definition) is 8. The van der Waals surface area contributed by atoms with Crippen molar-refractivity contribution in [1.82, 2.24) is 24.9 Å². The van der Waals surface area contributed by atoms with E-state index in [0.717, 1.165) is 23.2 Å². The number of aryl methyl sites for hydroxylation is 1. The molecule has 10 nitrogen and oxygen atoms in total. The first-order valence-electron chi connectivity index (χ1n) is 10.2. The molecule has 0 unspecified atom stereocenters. The summed E-state index contributed by atoms with van der Waals surface area (Å²) >= 11 is 0. The number of nitro groups is 1. The predicted octanol–water partition coefficient (Wildman–Crippen LogP) is 3.92. The molecule has 32 heavy (non-hydrogen) atoms. The van der Waals surface area contributed by atoms with Crippen LogP contribution in [0.5, 0.6) is 0 Å². The minimum atomic E-state index is -0.477. The summed E-state index contributed by atoms with van der Waals surface area (Å²) in [6.07, 6.45) is 7.41. The van der Waals surface area contributed by atoms with E-state index in [2.05, 4.69) is 61.8 Å². The average Bonchev–Trinajstić information content (AvgIpc) is 3.37. The van der Waals surface area contributed by atoms with Gasteiger partial charge in [0.25, 0.3) is 5.69 Å². The van der Waals surface area contributed by atoms with Gasteiger partial charge in [-0.2, -0.15) is 0 Å². The van der Waals surface area contributed by atoms with Crippen LogP contribution in [0.4, 0.5) is 17.5 Å². The quantitative estimate of drug-likeness (QED) is 0.207. The van der Waals surface area contributed by atoms with E-state index in [0.29, 0.717) is 30.7 Å². The Kier molecular flexibility index (Phi) is 6.30. The number of hydrogen-bond donors (Lipinski definition) is 3. The van der Waals surface area contributed by atoms with Crippen LogP contribution in [-0.2, 0) is 6.42 Å². The molecule has 0 saturated carbocycles. The monoisotopic (exact) mass is 430 g/mol. The molecule has 3 heterocycles. The highest BCUT2D eigenvalue weighted by Gasteiger charge is 2.13. The molecule has 3 N–H and O–H groups in total. The molecule has 0 radical (unpaired) electrons. The third-order valence-electron chi connectivity index (χ3n) is 4.85. The fraction of sp³-hybridized carbons (Fsp3) is 0.182. The number of nitrogens with zero attached hydrogens (tertiary/aromatic N) is 5. The Hall–Kier alpha value is -4.34. The molecule has 4 rings (SSSR count). The van der Waals surface area contributed by atoms with E-state index in [1.54, 1.807) is 24.7 Å². The van der Waals surface area contributed by atoms with E-state index in [4.69, 9.17) is 4.98 Å². The SMILES string of the molecule is CCc1ccc(-c2nc(NCCNc3ccc([N+](=O)[O-])cn3)ncc2-c2ncc[nH]2)cc1. The lowest BCUT2D eigenvalue weighted by Crippen LogP contribution is -2.16. The lowest BCUT2D eigenvalue weighted by atomic mass is 10.0. The smallest absolute Gasteiger partial charge is 0.287 e. The first-order chi connectivity index (χ1) is 15.6. The van der Waals surface area contributed by atoms with Crippen molar-refractivity contribution in [2.45, 2.75) is 13.3 Å². The molecule has 0 aliphatic heterocycles. The molecule has 3 aromatic heterocycles. The highest BCUT2D eigenvalue weighted by molar-refractivity contribution is 5.77. The van der Waals surface area contributed by atoms with Crippen LogP contribution >= 0.6 is 0 Å². The maximum absolute atomic E-state index is 10.7. The van der Waals surface area contributed by atoms with E-state index in [1.165, 1.54) is 17.8 Å². The largest absolute Gasteiger partial charge is 0.368 e. The minimum Gasteiger partial charge on any atom is -0.368 e. The van der Waals surface area contributed by atoms with Crippen molar-refractivity contribution in [3.63, 3.8) is 0 Å². The molecule has 0 saturated heterocycles. The summed E-state index contributed by atoms with van der Waals surface area (Å²) in [5.41, 5.74) is 3.79. The van der Waals surface area contributed by atoms with Crippen LogP contribution < -0.4 is 10.6 Å². The summed E-state index contributed by atoms with van der Waals surface area (Å²) in [5, 5.41) is 17.0. The number of pyridine rings is 1. The molecule has 0 aliphatic carbocycles. The first-order valence-corrected chi connectivity index (χ1v) is 10.2. The van der Waals surface area contributed by atoms with E-state index in [1.807, 2.05) is 0 Å². The fourth-order valence-corrected chi connectivity index (χ4v) is 3.13. The van der Waals surface area contributed by atoms with E-state index >= 15 is 0 Å². The number of aromatic amines is 1. The highest BCUT2D eigenvalue weighted by Crippen LogP contribution is 2.29. The van der Waals surface area contributed by atoms with Crippen LogP contribution in [0.15, 0.2) is 61.2 Å². The van der Waals surface area contributed by atoms with Crippen LogP contribution in [-0.4, -0.2) is 42.9 Å². The van der Waals surface area contributed by atoms with Gasteiger partial charge in [-0.1, -0.05) is 31.2 Å². The fourth-order valence-electron chi connectivity index (χ4n) is 3.13. The zero-order valence-electron chi connectivity index (χ0n) is 17.4. The van der Waals surface area contributed by atoms with Gasteiger partial charge in [0.15, 0.2) is 0 Å². The molecule has 0 aliphatic rings. The van der Waals surface area contributed by atoms with Gasteiger partial charge in [0.2, 0.25) is 5.95 Å².